The van der Waals surface area contributed by atoms with Crippen LogP contribution >= 0.6 is 23.6 Å². The monoisotopic (exact) mass is 330 g/mol. The maximum atomic E-state index is 11.7. The summed E-state index contributed by atoms with van der Waals surface area (Å²) >= 11 is 6.51. The summed E-state index contributed by atoms with van der Waals surface area (Å²) in [5.41, 5.74) is 0.430. The van der Waals surface area contributed by atoms with Crippen LogP contribution in [0.4, 0.5) is 5.00 Å². The molecule has 0 amide bonds. The molecule has 1 heterocycles. The molecule has 0 spiro atoms. The lowest BCUT2D eigenvalue weighted by Crippen LogP contribution is -2.34. The van der Waals surface area contributed by atoms with Gasteiger partial charge < -0.3 is 20.1 Å². The maximum Gasteiger partial charge on any atom is 0.340 e. The Morgan fingerprint density at radius 3 is 2.67 bits per heavy atom. The minimum atomic E-state index is -0.429. The Kier molecular flexibility index (Phi) is 7.10. The molecular weight excluding hydrogens is 312 g/mol. The summed E-state index contributed by atoms with van der Waals surface area (Å²) in [7, 11) is 1.33. The third-order valence-corrected chi connectivity index (χ3v) is 3.90. The second kappa shape index (κ2) is 8.58. The lowest BCUT2D eigenvalue weighted by molar-refractivity contribution is -0.141. The number of nitrogens with one attached hydrogen (secondary N) is 2. The Morgan fingerprint density at radius 2 is 2.10 bits per heavy atom. The van der Waals surface area contributed by atoms with Crippen LogP contribution in [0.1, 0.15) is 29.1 Å². The molecule has 0 aromatic carbocycles. The van der Waals surface area contributed by atoms with E-state index in [4.69, 9.17) is 21.7 Å². The molecule has 21 heavy (non-hydrogen) atoms. The summed E-state index contributed by atoms with van der Waals surface area (Å²) in [5.74, 6) is -0.822. The second-order valence-electron chi connectivity index (χ2n) is 3.91. The number of thiocarbonyl (C=S) groups is 1. The zero-order valence-corrected chi connectivity index (χ0v) is 13.8. The molecule has 0 saturated heterocycles. The molecule has 1 rings (SSSR count). The van der Waals surface area contributed by atoms with Gasteiger partial charge in [-0.1, -0.05) is 6.92 Å². The van der Waals surface area contributed by atoms with Gasteiger partial charge in [-0.15, -0.1) is 11.3 Å². The molecule has 0 fully saturated rings. The maximum absolute atomic E-state index is 11.7. The van der Waals surface area contributed by atoms with Crippen LogP contribution in [0.2, 0.25) is 0 Å². The minimum Gasteiger partial charge on any atom is -0.465 e. The van der Waals surface area contributed by atoms with Gasteiger partial charge in [0.05, 0.1) is 19.3 Å². The summed E-state index contributed by atoms with van der Waals surface area (Å²) in [6.07, 6.45) is 0.805. The van der Waals surface area contributed by atoms with Crippen molar-refractivity contribution >= 4 is 45.6 Å². The van der Waals surface area contributed by atoms with E-state index in [1.165, 1.54) is 18.4 Å². The van der Waals surface area contributed by atoms with Crippen molar-refractivity contribution in [2.75, 3.05) is 25.6 Å². The van der Waals surface area contributed by atoms with Crippen LogP contribution in [0, 0.1) is 0 Å². The van der Waals surface area contributed by atoms with Crippen LogP contribution in [0.15, 0.2) is 6.07 Å². The minimum absolute atomic E-state index is 0.0285. The van der Waals surface area contributed by atoms with Gasteiger partial charge in [-0.05, 0) is 31.6 Å². The zero-order chi connectivity index (χ0) is 15.8. The van der Waals surface area contributed by atoms with Crippen LogP contribution in [-0.2, 0) is 20.7 Å². The molecule has 116 valence electrons. The van der Waals surface area contributed by atoms with Crippen molar-refractivity contribution in [3.63, 3.8) is 0 Å². The van der Waals surface area contributed by atoms with E-state index in [1.54, 1.807) is 13.0 Å². The summed E-state index contributed by atoms with van der Waals surface area (Å²) in [6.45, 7) is 4.01. The highest BCUT2D eigenvalue weighted by molar-refractivity contribution is 7.80. The third-order valence-electron chi connectivity index (χ3n) is 2.46. The van der Waals surface area contributed by atoms with Crippen molar-refractivity contribution in [2.24, 2.45) is 0 Å². The smallest absolute Gasteiger partial charge is 0.340 e. The van der Waals surface area contributed by atoms with Crippen molar-refractivity contribution in [1.29, 1.82) is 0 Å². The highest BCUT2D eigenvalue weighted by Crippen LogP contribution is 2.29. The Morgan fingerprint density at radius 1 is 1.38 bits per heavy atom. The molecule has 8 heteroatoms. The number of anilines is 1. The molecule has 0 aliphatic heterocycles. The van der Waals surface area contributed by atoms with E-state index in [9.17, 15) is 9.59 Å². The topological polar surface area (TPSA) is 76.7 Å². The molecule has 0 aliphatic rings. The Bertz CT molecular complexity index is 528. The van der Waals surface area contributed by atoms with Crippen molar-refractivity contribution in [2.45, 2.75) is 20.3 Å². The normalized spacial score (nSPS) is 9.86. The first-order valence-corrected chi connectivity index (χ1v) is 7.65. The molecular formula is C13H18N2O4S2. The molecule has 6 nitrogen and oxygen atoms in total. The molecule has 0 saturated carbocycles. The molecule has 1 aromatic heterocycles. The van der Waals surface area contributed by atoms with Gasteiger partial charge in [0.1, 0.15) is 11.5 Å². The fraction of sp³-hybridized carbons (Fsp3) is 0.462. The quantitative estimate of drug-likeness (QED) is 0.610. The summed E-state index contributed by atoms with van der Waals surface area (Å²) in [6, 6.07) is 1.77. The molecule has 0 radical (unpaired) electrons. The van der Waals surface area contributed by atoms with Gasteiger partial charge in [0.2, 0.25) is 0 Å². The Labute approximate surface area is 132 Å². The first-order chi connectivity index (χ1) is 10.0. The average molecular weight is 330 g/mol. The SMILES string of the molecule is CCOC(=O)CNC(=S)Nc1sc(CC)cc1C(=O)OC. The van der Waals surface area contributed by atoms with Crippen molar-refractivity contribution in [3.8, 4) is 0 Å². The molecule has 0 bridgehead atoms. The largest absolute Gasteiger partial charge is 0.465 e. The third kappa shape index (κ3) is 5.31. The molecule has 0 unspecified atom stereocenters. The van der Waals surface area contributed by atoms with Crippen LogP contribution in [0.25, 0.3) is 0 Å². The number of ether oxygens (including phenoxy) is 2. The van der Waals surface area contributed by atoms with Crippen molar-refractivity contribution in [1.82, 2.24) is 5.32 Å². The number of rotatable bonds is 6. The molecule has 2 N–H and O–H groups in total. The van der Waals surface area contributed by atoms with E-state index in [-0.39, 0.29) is 11.7 Å². The van der Waals surface area contributed by atoms with E-state index in [0.29, 0.717) is 17.2 Å². The molecule has 0 aliphatic carbocycles. The van der Waals surface area contributed by atoms with Gasteiger partial charge in [-0.3, -0.25) is 4.79 Å². The van der Waals surface area contributed by atoms with E-state index in [2.05, 4.69) is 10.6 Å². The average Bonchev–Trinajstić information content (AvgIpc) is 2.87. The van der Waals surface area contributed by atoms with Gasteiger partial charge in [0, 0.05) is 4.88 Å². The predicted molar refractivity (Wildman–Crippen MR) is 85.9 cm³/mol. The number of esters is 2. The summed E-state index contributed by atoms with van der Waals surface area (Å²) in [5, 5.41) is 6.48. The Balaban J connectivity index is 2.68. The summed E-state index contributed by atoms with van der Waals surface area (Å²) < 4.78 is 9.52. The van der Waals surface area contributed by atoms with Gasteiger partial charge in [0.25, 0.3) is 0 Å². The molecule has 0 atom stereocenters. The van der Waals surface area contributed by atoms with E-state index in [1.807, 2.05) is 6.92 Å². The van der Waals surface area contributed by atoms with Gasteiger partial charge in [0.15, 0.2) is 5.11 Å². The number of carbonyl (C=O) groups is 2. The first kappa shape index (κ1) is 17.4. The van der Waals surface area contributed by atoms with Crippen LogP contribution in [-0.4, -0.2) is 37.3 Å². The first-order valence-electron chi connectivity index (χ1n) is 6.43. The highest BCUT2D eigenvalue weighted by Gasteiger charge is 2.17. The van der Waals surface area contributed by atoms with Crippen LogP contribution in [0.5, 0.6) is 0 Å². The fourth-order valence-corrected chi connectivity index (χ4v) is 2.71. The second-order valence-corrected chi connectivity index (χ2v) is 5.46. The standard InChI is InChI=1S/C13H18N2O4S2/c1-4-8-6-9(12(17)18-3)11(21-8)15-13(20)14-7-10(16)19-5-2/h6H,4-5,7H2,1-3H3,(H2,14,15,20). The highest BCUT2D eigenvalue weighted by atomic mass is 32.1. The molecule has 1 aromatic rings. The fourth-order valence-electron chi connectivity index (χ4n) is 1.48. The van der Waals surface area contributed by atoms with E-state index < -0.39 is 11.9 Å². The number of hydrogen-bond donors (Lipinski definition) is 2. The van der Waals surface area contributed by atoms with Crippen LogP contribution < -0.4 is 10.6 Å². The lowest BCUT2D eigenvalue weighted by atomic mass is 10.2. The van der Waals surface area contributed by atoms with Crippen molar-refractivity contribution in [3.05, 3.63) is 16.5 Å². The van der Waals surface area contributed by atoms with Crippen LogP contribution in [0.3, 0.4) is 0 Å². The number of hydrogen-bond acceptors (Lipinski definition) is 6. The number of methoxy groups -OCH3 is 1. The lowest BCUT2D eigenvalue weighted by Gasteiger charge is -2.09. The van der Waals surface area contributed by atoms with Crippen molar-refractivity contribution < 1.29 is 19.1 Å². The number of aryl methyl sites for hydroxylation is 1. The zero-order valence-electron chi connectivity index (χ0n) is 12.1. The van der Waals surface area contributed by atoms with E-state index >= 15 is 0 Å². The Hall–Kier alpha value is -1.67. The van der Waals surface area contributed by atoms with Gasteiger partial charge >= 0.3 is 11.9 Å². The van der Waals surface area contributed by atoms with Gasteiger partial charge in [-0.25, -0.2) is 4.79 Å². The number of carbonyl (C=O) groups excluding carboxylic acids is 2. The number of thiophene rings is 1. The predicted octanol–water partition coefficient (Wildman–Crippen LogP) is 1.95. The summed E-state index contributed by atoms with van der Waals surface area (Å²) in [4.78, 5) is 24.0. The van der Waals surface area contributed by atoms with E-state index in [0.717, 1.165) is 11.3 Å². The van der Waals surface area contributed by atoms with Gasteiger partial charge in [-0.2, -0.15) is 0 Å².